The van der Waals surface area contributed by atoms with Crippen molar-refractivity contribution in [3.63, 3.8) is 0 Å². The van der Waals surface area contributed by atoms with Crippen molar-refractivity contribution in [3.05, 3.63) is 59.7 Å². The van der Waals surface area contributed by atoms with Crippen LogP contribution in [0.1, 0.15) is 34.6 Å². The van der Waals surface area contributed by atoms with Gasteiger partial charge < -0.3 is 9.47 Å². The highest BCUT2D eigenvalue weighted by molar-refractivity contribution is 7.89. The third kappa shape index (κ3) is 5.83. The van der Waals surface area contributed by atoms with Crippen LogP contribution in [-0.2, 0) is 14.8 Å². The normalized spacial score (nSPS) is 11.5. The van der Waals surface area contributed by atoms with Gasteiger partial charge in [-0.3, -0.25) is 4.79 Å². The Morgan fingerprint density at radius 2 is 1.63 bits per heavy atom. The van der Waals surface area contributed by atoms with Gasteiger partial charge in [-0.1, -0.05) is 19.9 Å². The van der Waals surface area contributed by atoms with Crippen molar-refractivity contribution in [1.82, 2.24) is 4.31 Å². The molecule has 7 nitrogen and oxygen atoms in total. The minimum atomic E-state index is -3.75. The number of hydrogen-bond acceptors (Lipinski definition) is 6. The van der Waals surface area contributed by atoms with E-state index in [1.807, 2.05) is 0 Å². The van der Waals surface area contributed by atoms with Gasteiger partial charge in [-0.15, -0.1) is 0 Å². The molecule has 0 unspecified atom stereocenters. The van der Waals surface area contributed by atoms with Gasteiger partial charge in [0.15, 0.2) is 12.4 Å². The second-order valence-electron chi connectivity index (χ2n) is 6.02. The van der Waals surface area contributed by atoms with Crippen molar-refractivity contribution in [2.75, 3.05) is 19.7 Å². The molecule has 30 heavy (non-hydrogen) atoms. The number of alkyl halides is 2. The molecule has 0 heterocycles. The van der Waals surface area contributed by atoms with Crippen LogP contribution in [-0.4, -0.2) is 50.8 Å². The highest BCUT2D eigenvalue weighted by Crippen LogP contribution is 2.18. The fraction of sp³-hybridized carbons (Fsp3) is 0.300. The molecule has 0 N–H and O–H groups in total. The molecule has 0 saturated carbocycles. The average Bonchev–Trinajstić information content (AvgIpc) is 2.72. The van der Waals surface area contributed by atoms with E-state index in [0.29, 0.717) is 0 Å². The molecule has 0 atom stereocenters. The third-order valence-electron chi connectivity index (χ3n) is 4.15. The molecule has 0 fully saturated rings. The molecule has 0 aliphatic carbocycles. The number of nitrogens with zero attached hydrogens (tertiary/aromatic N) is 1. The first-order valence-electron chi connectivity index (χ1n) is 9.04. The number of sulfonamides is 1. The van der Waals surface area contributed by atoms with E-state index >= 15 is 0 Å². The maximum absolute atomic E-state index is 12.6. The fourth-order valence-electron chi connectivity index (χ4n) is 2.62. The van der Waals surface area contributed by atoms with E-state index in [1.54, 1.807) is 13.8 Å². The van der Waals surface area contributed by atoms with Crippen LogP contribution in [0.5, 0.6) is 5.75 Å². The lowest BCUT2D eigenvalue weighted by Gasteiger charge is -2.18. The first kappa shape index (κ1) is 23.4. The van der Waals surface area contributed by atoms with E-state index < -0.39 is 35.0 Å². The maximum Gasteiger partial charge on any atom is 0.387 e. The Morgan fingerprint density at radius 1 is 1.00 bits per heavy atom. The maximum atomic E-state index is 12.6. The van der Waals surface area contributed by atoms with Crippen molar-refractivity contribution in [3.8, 4) is 5.75 Å². The lowest BCUT2D eigenvalue weighted by molar-refractivity contribution is -0.0498. The SMILES string of the molecule is CCN(CC)S(=O)(=O)c1cccc(C(=O)OCC(=O)c2ccc(OC(F)F)cc2)c1. The molecular formula is C20H21F2NO6S. The summed E-state index contributed by atoms with van der Waals surface area (Å²) < 4.78 is 59.9. The number of esters is 1. The van der Waals surface area contributed by atoms with Gasteiger partial charge in [-0.05, 0) is 42.5 Å². The molecule has 2 rings (SSSR count). The number of Topliss-reactive ketones (excluding diaryl/α,β-unsaturated/α-hetero) is 1. The summed E-state index contributed by atoms with van der Waals surface area (Å²) in [6.07, 6.45) is 0. The number of halogens is 2. The quantitative estimate of drug-likeness (QED) is 0.415. The zero-order valence-electron chi connectivity index (χ0n) is 16.4. The van der Waals surface area contributed by atoms with Gasteiger partial charge in [0.2, 0.25) is 10.0 Å². The van der Waals surface area contributed by atoms with Gasteiger partial charge in [-0.25, -0.2) is 13.2 Å². The summed E-state index contributed by atoms with van der Waals surface area (Å²) >= 11 is 0. The Labute approximate surface area is 173 Å². The van der Waals surface area contributed by atoms with Crippen LogP contribution in [0.15, 0.2) is 53.4 Å². The summed E-state index contributed by atoms with van der Waals surface area (Å²) in [6.45, 7) is 0.398. The zero-order valence-corrected chi connectivity index (χ0v) is 17.2. The summed E-state index contributed by atoms with van der Waals surface area (Å²) in [6, 6.07) is 10.3. The second kappa shape index (κ2) is 10.3. The minimum Gasteiger partial charge on any atom is -0.454 e. The average molecular weight is 441 g/mol. The monoisotopic (exact) mass is 441 g/mol. The Balaban J connectivity index is 2.05. The Hall–Kier alpha value is -2.85. The van der Waals surface area contributed by atoms with Crippen molar-refractivity contribution in [1.29, 1.82) is 0 Å². The first-order chi connectivity index (χ1) is 14.2. The van der Waals surface area contributed by atoms with Gasteiger partial charge in [0.1, 0.15) is 5.75 Å². The summed E-state index contributed by atoms with van der Waals surface area (Å²) in [4.78, 5) is 24.3. The van der Waals surface area contributed by atoms with E-state index in [2.05, 4.69) is 4.74 Å². The number of benzene rings is 2. The van der Waals surface area contributed by atoms with Crippen LogP contribution in [0.2, 0.25) is 0 Å². The number of rotatable bonds is 10. The predicted octanol–water partition coefficient (Wildman–Crippen LogP) is 3.36. The molecular weight excluding hydrogens is 420 g/mol. The van der Waals surface area contributed by atoms with Gasteiger partial charge in [0.25, 0.3) is 0 Å². The number of carbonyl (C=O) groups excluding carboxylic acids is 2. The van der Waals surface area contributed by atoms with Crippen LogP contribution < -0.4 is 4.74 Å². The number of ether oxygens (including phenoxy) is 2. The van der Waals surface area contributed by atoms with Crippen molar-refractivity contribution in [2.45, 2.75) is 25.4 Å². The van der Waals surface area contributed by atoms with Gasteiger partial charge >= 0.3 is 12.6 Å². The van der Waals surface area contributed by atoms with Crippen LogP contribution in [0, 0.1) is 0 Å². The lowest BCUT2D eigenvalue weighted by Crippen LogP contribution is -2.30. The number of hydrogen-bond donors (Lipinski definition) is 0. The zero-order chi connectivity index (χ0) is 22.3. The highest BCUT2D eigenvalue weighted by Gasteiger charge is 2.23. The fourth-order valence-corrected chi connectivity index (χ4v) is 4.12. The largest absolute Gasteiger partial charge is 0.454 e. The van der Waals surface area contributed by atoms with Crippen molar-refractivity contribution in [2.24, 2.45) is 0 Å². The molecule has 10 heteroatoms. The van der Waals surface area contributed by atoms with E-state index in [9.17, 15) is 26.8 Å². The smallest absolute Gasteiger partial charge is 0.387 e. The topological polar surface area (TPSA) is 90.0 Å². The van der Waals surface area contributed by atoms with E-state index in [1.165, 1.54) is 52.8 Å². The number of ketones is 1. The molecule has 0 spiro atoms. The molecule has 162 valence electrons. The van der Waals surface area contributed by atoms with E-state index in [0.717, 1.165) is 0 Å². The van der Waals surface area contributed by atoms with Crippen LogP contribution in [0.25, 0.3) is 0 Å². The summed E-state index contributed by atoms with van der Waals surface area (Å²) in [5, 5.41) is 0. The standard InChI is InChI=1S/C20H21F2NO6S/c1-3-23(4-2)30(26,27)17-7-5-6-15(12-17)19(25)28-13-18(24)14-8-10-16(11-9-14)29-20(21)22/h5-12,20H,3-4,13H2,1-2H3. The predicted molar refractivity (Wildman–Crippen MR) is 104 cm³/mol. The first-order valence-corrected chi connectivity index (χ1v) is 10.5. The van der Waals surface area contributed by atoms with Crippen molar-refractivity contribution >= 4 is 21.8 Å². The molecule has 0 radical (unpaired) electrons. The van der Waals surface area contributed by atoms with Crippen LogP contribution >= 0.6 is 0 Å². The molecule has 0 aromatic heterocycles. The second-order valence-corrected chi connectivity index (χ2v) is 7.96. The van der Waals surface area contributed by atoms with E-state index in [4.69, 9.17) is 4.74 Å². The number of carbonyl (C=O) groups is 2. The van der Waals surface area contributed by atoms with Gasteiger partial charge in [0, 0.05) is 18.7 Å². The van der Waals surface area contributed by atoms with Crippen LogP contribution in [0.4, 0.5) is 8.78 Å². The molecule has 0 aliphatic rings. The molecule has 2 aromatic carbocycles. The molecule has 0 bridgehead atoms. The summed E-state index contributed by atoms with van der Waals surface area (Å²) in [5.41, 5.74) is 0.124. The minimum absolute atomic E-state index is 0.0169. The molecule has 0 amide bonds. The van der Waals surface area contributed by atoms with Crippen LogP contribution in [0.3, 0.4) is 0 Å². The summed E-state index contributed by atoms with van der Waals surface area (Å²) in [5.74, 6) is -1.53. The summed E-state index contributed by atoms with van der Waals surface area (Å²) in [7, 11) is -3.75. The van der Waals surface area contributed by atoms with Crippen molar-refractivity contribution < 1.29 is 36.3 Å². The highest BCUT2D eigenvalue weighted by atomic mass is 32.2. The Kier molecular flexibility index (Phi) is 8.01. The Bertz CT molecular complexity index is 989. The molecule has 0 aliphatic heterocycles. The van der Waals surface area contributed by atoms with Gasteiger partial charge in [-0.2, -0.15) is 13.1 Å². The molecule has 2 aromatic rings. The Morgan fingerprint density at radius 3 is 2.20 bits per heavy atom. The molecule has 0 saturated heterocycles. The third-order valence-corrected chi connectivity index (χ3v) is 6.19. The van der Waals surface area contributed by atoms with E-state index in [-0.39, 0.29) is 34.9 Å². The van der Waals surface area contributed by atoms with Gasteiger partial charge in [0.05, 0.1) is 10.5 Å². The lowest BCUT2D eigenvalue weighted by atomic mass is 10.1.